The number of amides is 1. The summed E-state index contributed by atoms with van der Waals surface area (Å²) in [5.74, 6) is 0.576. The molecule has 18 heavy (non-hydrogen) atoms. The molecule has 2 heterocycles. The molecule has 0 radical (unpaired) electrons. The maximum absolute atomic E-state index is 11.8. The van der Waals surface area contributed by atoms with Crippen LogP contribution in [-0.4, -0.2) is 27.7 Å². The van der Waals surface area contributed by atoms with Gasteiger partial charge in [-0.1, -0.05) is 0 Å². The van der Waals surface area contributed by atoms with E-state index in [2.05, 4.69) is 20.7 Å². The number of carbonyl (C=O) groups is 1. The molecule has 0 aliphatic rings. The second-order valence-corrected chi connectivity index (χ2v) is 3.85. The topological polar surface area (TPSA) is 71.8 Å². The third-order valence-corrected chi connectivity index (χ3v) is 2.48. The number of aromatic nitrogens is 3. The minimum Gasteiger partial charge on any atom is -0.373 e. The maximum atomic E-state index is 11.8. The first-order valence-electron chi connectivity index (χ1n) is 5.59. The highest BCUT2D eigenvalue weighted by molar-refractivity contribution is 5.93. The van der Waals surface area contributed by atoms with Crippen LogP contribution in [0, 0.1) is 0 Å². The molecule has 2 aromatic heterocycles. The van der Waals surface area contributed by atoms with Crippen LogP contribution in [0.25, 0.3) is 0 Å². The Balaban J connectivity index is 1.94. The van der Waals surface area contributed by atoms with Gasteiger partial charge in [-0.05, 0) is 18.2 Å². The van der Waals surface area contributed by atoms with Crippen molar-refractivity contribution in [1.29, 1.82) is 0 Å². The first-order valence-corrected chi connectivity index (χ1v) is 5.59. The van der Waals surface area contributed by atoms with E-state index < -0.39 is 0 Å². The number of nitrogens with zero attached hydrogens (tertiary/aromatic N) is 3. The first-order chi connectivity index (χ1) is 8.69. The molecule has 0 atom stereocenters. The van der Waals surface area contributed by atoms with Gasteiger partial charge in [0.15, 0.2) is 0 Å². The predicted octanol–water partition coefficient (Wildman–Crippen LogP) is 0.787. The van der Waals surface area contributed by atoms with Crippen LogP contribution >= 0.6 is 0 Å². The predicted molar refractivity (Wildman–Crippen MR) is 68.2 cm³/mol. The van der Waals surface area contributed by atoms with E-state index in [0.29, 0.717) is 12.1 Å². The van der Waals surface area contributed by atoms with Crippen LogP contribution in [-0.2, 0) is 13.6 Å². The molecule has 0 unspecified atom stereocenters. The molecule has 2 N–H and O–H groups in total. The average molecular weight is 245 g/mol. The summed E-state index contributed by atoms with van der Waals surface area (Å²) in [5, 5.41) is 9.87. The van der Waals surface area contributed by atoms with E-state index >= 15 is 0 Å². The molecule has 6 heteroatoms. The molecule has 0 saturated carbocycles. The summed E-state index contributed by atoms with van der Waals surface area (Å²) in [6.07, 6.45) is 3.38. The second kappa shape index (κ2) is 5.31. The van der Waals surface area contributed by atoms with Gasteiger partial charge in [0.25, 0.3) is 5.91 Å². The molecule has 2 rings (SSSR count). The van der Waals surface area contributed by atoms with E-state index in [0.717, 1.165) is 11.5 Å². The number of nitrogens with one attached hydrogen (secondary N) is 2. The van der Waals surface area contributed by atoms with E-state index in [1.807, 2.05) is 19.3 Å². The number of rotatable bonds is 4. The Labute approximate surface area is 105 Å². The van der Waals surface area contributed by atoms with Crippen LogP contribution in [0.4, 0.5) is 5.82 Å². The second-order valence-electron chi connectivity index (χ2n) is 3.85. The van der Waals surface area contributed by atoms with Gasteiger partial charge in [-0.25, -0.2) is 4.98 Å². The van der Waals surface area contributed by atoms with Gasteiger partial charge in [0, 0.05) is 26.5 Å². The molecule has 0 saturated heterocycles. The molecule has 2 aromatic rings. The zero-order valence-electron chi connectivity index (χ0n) is 10.3. The normalized spacial score (nSPS) is 10.1. The fourth-order valence-corrected chi connectivity index (χ4v) is 1.51. The highest BCUT2D eigenvalue weighted by Crippen LogP contribution is 2.04. The van der Waals surface area contributed by atoms with Crippen molar-refractivity contribution in [3.05, 3.63) is 41.9 Å². The lowest BCUT2D eigenvalue weighted by Gasteiger charge is -2.04. The first kappa shape index (κ1) is 12.1. The molecule has 6 nitrogen and oxygen atoms in total. The summed E-state index contributed by atoms with van der Waals surface area (Å²) in [5.41, 5.74) is 1.36. The van der Waals surface area contributed by atoms with Crippen molar-refractivity contribution in [2.75, 3.05) is 12.4 Å². The lowest BCUT2D eigenvalue weighted by atomic mass is 10.2. The van der Waals surface area contributed by atoms with Crippen LogP contribution in [0.15, 0.2) is 30.6 Å². The lowest BCUT2D eigenvalue weighted by Crippen LogP contribution is -2.23. The summed E-state index contributed by atoms with van der Waals surface area (Å²) < 4.78 is 1.70. The summed E-state index contributed by atoms with van der Waals surface area (Å²) >= 11 is 0. The summed E-state index contributed by atoms with van der Waals surface area (Å²) in [6.45, 7) is 0.410. The third-order valence-electron chi connectivity index (χ3n) is 2.48. The summed E-state index contributed by atoms with van der Waals surface area (Å²) in [6, 6.07) is 5.35. The average Bonchev–Trinajstić information content (AvgIpc) is 2.82. The van der Waals surface area contributed by atoms with Crippen molar-refractivity contribution in [1.82, 2.24) is 20.1 Å². The fraction of sp³-hybridized carbons (Fsp3) is 0.250. The minimum absolute atomic E-state index is 0.157. The van der Waals surface area contributed by atoms with E-state index in [9.17, 15) is 4.79 Å². The van der Waals surface area contributed by atoms with Gasteiger partial charge in [0.2, 0.25) is 0 Å². The number of carbonyl (C=O) groups excluding carboxylic acids is 1. The largest absolute Gasteiger partial charge is 0.373 e. The van der Waals surface area contributed by atoms with Gasteiger partial charge < -0.3 is 10.6 Å². The van der Waals surface area contributed by atoms with Crippen LogP contribution in [0.2, 0.25) is 0 Å². The van der Waals surface area contributed by atoms with Crippen molar-refractivity contribution in [2.45, 2.75) is 6.54 Å². The number of aryl methyl sites for hydroxylation is 1. The van der Waals surface area contributed by atoms with Gasteiger partial charge >= 0.3 is 0 Å². The Kier molecular flexibility index (Phi) is 3.57. The summed E-state index contributed by atoms with van der Waals surface area (Å²) in [7, 11) is 3.62. The fourth-order valence-electron chi connectivity index (χ4n) is 1.51. The van der Waals surface area contributed by atoms with Crippen LogP contribution < -0.4 is 10.6 Å². The van der Waals surface area contributed by atoms with Crippen LogP contribution in [0.1, 0.15) is 16.1 Å². The van der Waals surface area contributed by atoms with Crippen molar-refractivity contribution in [3.8, 4) is 0 Å². The standard InChI is InChI=1S/C12H15N5O/c1-13-11-4-3-9(7-14-11)12(18)15-8-10-5-6-17(2)16-10/h3-7H,8H2,1-2H3,(H,13,14)(H,15,18). The molecule has 0 aliphatic heterocycles. The number of hydrogen-bond donors (Lipinski definition) is 2. The molecule has 94 valence electrons. The quantitative estimate of drug-likeness (QED) is 0.835. The SMILES string of the molecule is CNc1ccc(C(=O)NCc2ccn(C)n2)cn1. The number of pyridine rings is 1. The Bertz CT molecular complexity index is 532. The van der Waals surface area contributed by atoms with Crippen LogP contribution in [0.5, 0.6) is 0 Å². The lowest BCUT2D eigenvalue weighted by molar-refractivity contribution is 0.0950. The molecule has 1 amide bonds. The van der Waals surface area contributed by atoms with Gasteiger partial charge in [-0.2, -0.15) is 5.10 Å². The molecule has 0 aromatic carbocycles. The monoisotopic (exact) mass is 245 g/mol. The molecular formula is C12H15N5O. The third kappa shape index (κ3) is 2.85. The van der Waals surface area contributed by atoms with Crippen LogP contribution in [0.3, 0.4) is 0 Å². The summed E-state index contributed by atoms with van der Waals surface area (Å²) in [4.78, 5) is 15.9. The van der Waals surface area contributed by atoms with Crippen molar-refractivity contribution < 1.29 is 4.79 Å². The van der Waals surface area contributed by atoms with Crippen molar-refractivity contribution in [3.63, 3.8) is 0 Å². The highest BCUT2D eigenvalue weighted by Gasteiger charge is 2.06. The Morgan fingerprint density at radius 3 is 2.78 bits per heavy atom. The zero-order valence-corrected chi connectivity index (χ0v) is 10.3. The van der Waals surface area contributed by atoms with Gasteiger partial charge in [0.1, 0.15) is 5.82 Å². The Morgan fingerprint density at radius 1 is 1.39 bits per heavy atom. The number of hydrogen-bond acceptors (Lipinski definition) is 4. The van der Waals surface area contributed by atoms with E-state index in [1.165, 1.54) is 0 Å². The van der Waals surface area contributed by atoms with E-state index in [4.69, 9.17) is 0 Å². The molecule has 0 aliphatic carbocycles. The zero-order chi connectivity index (χ0) is 13.0. The molecular weight excluding hydrogens is 230 g/mol. The van der Waals surface area contributed by atoms with Gasteiger partial charge in [-0.15, -0.1) is 0 Å². The van der Waals surface area contributed by atoms with E-state index in [-0.39, 0.29) is 5.91 Å². The van der Waals surface area contributed by atoms with E-state index in [1.54, 1.807) is 30.1 Å². The van der Waals surface area contributed by atoms with Crippen molar-refractivity contribution in [2.24, 2.45) is 7.05 Å². The highest BCUT2D eigenvalue weighted by atomic mass is 16.1. The molecule has 0 bridgehead atoms. The molecule has 0 fully saturated rings. The van der Waals surface area contributed by atoms with Gasteiger partial charge in [0.05, 0.1) is 17.8 Å². The smallest absolute Gasteiger partial charge is 0.253 e. The Morgan fingerprint density at radius 2 is 2.22 bits per heavy atom. The minimum atomic E-state index is -0.157. The number of anilines is 1. The van der Waals surface area contributed by atoms with Gasteiger partial charge in [-0.3, -0.25) is 9.48 Å². The molecule has 0 spiro atoms. The maximum Gasteiger partial charge on any atom is 0.253 e. The Hall–Kier alpha value is -2.37. The van der Waals surface area contributed by atoms with Crippen molar-refractivity contribution >= 4 is 11.7 Å².